The standard InChI is InChI=1S/C13H31N4O3Si/c14-2-4-16-6-5-15-3-1-13-21-19-11-8-17(7-10-18)9-12-20-21/h15-16,18H,1-14H2. The fourth-order valence-electron chi connectivity index (χ4n) is 2.13. The van der Waals surface area contributed by atoms with Crippen LogP contribution in [0, 0.1) is 0 Å². The summed E-state index contributed by atoms with van der Waals surface area (Å²) in [6.45, 7) is 8.62. The first-order valence-corrected chi connectivity index (χ1v) is 9.45. The van der Waals surface area contributed by atoms with Gasteiger partial charge in [0.2, 0.25) is 0 Å². The average molecular weight is 320 g/mol. The molecule has 0 unspecified atom stereocenters. The SMILES string of the molecule is NCCNCCNCCC[Si]1OCCN(CCO)CCO1. The van der Waals surface area contributed by atoms with Gasteiger partial charge in [0.15, 0.2) is 0 Å². The molecule has 21 heavy (non-hydrogen) atoms. The fourth-order valence-corrected chi connectivity index (χ4v) is 3.60. The van der Waals surface area contributed by atoms with E-state index < -0.39 is 9.28 Å². The molecule has 1 aliphatic heterocycles. The second-order valence-electron chi connectivity index (χ2n) is 5.03. The molecule has 0 spiro atoms. The summed E-state index contributed by atoms with van der Waals surface area (Å²) in [6.07, 6.45) is 1.09. The first kappa shape index (κ1) is 19.0. The van der Waals surface area contributed by atoms with Crippen LogP contribution in [0.2, 0.25) is 6.04 Å². The Bertz CT molecular complexity index is 229. The van der Waals surface area contributed by atoms with Crippen LogP contribution in [0.5, 0.6) is 0 Å². The third-order valence-corrected chi connectivity index (χ3v) is 5.11. The van der Waals surface area contributed by atoms with E-state index in [2.05, 4.69) is 15.5 Å². The minimum absolute atomic E-state index is 0.198. The minimum Gasteiger partial charge on any atom is -0.395 e. The Labute approximate surface area is 130 Å². The Morgan fingerprint density at radius 3 is 2.33 bits per heavy atom. The zero-order valence-corrected chi connectivity index (χ0v) is 14.0. The number of hydrogen-bond acceptors (Lipinski definition) is 7. The summed E-state index contributed by atoms with van der Waals surface area (Å²) in [5.41, 5.74) is 5.40. The molecule has 0 atom stereocenters. The number of hydrogen-bond donors (Lipinski definition) is 4. The predicted octanol–water partition coefficient (Wildman–Crippen LogP) is -1.66. The van der Waals surface area contributed by atoms with E-state index in [4.69, 9.17) is 19.7 Å². The van der Waals surface area contributed by atoms with Crippen LogP contribution in [-0.2, 0) is 8.85 Å². The van der Waals surface area contributed by atoms with E-state index in [9.17, 15) is 0 Å². The van der Waals surface area contributed by atoms with Gasteiger partial charge in [-0.1, -0.05) is 0 Å². The molecule has 0 bridgehead atoms. The molecule has 1 fully saturated rings. The molecule has 0 aromatic rings. The van der Waals surface area contributed by atoms with Gasteiger partial charge in [-0.3, -0.25) is 4.90 Å². The summed E-state index contributed by atoms with van der Waals surface area (Å²) in [5, 5.41) is 15.6. The van der Waals surface area contributed by atoms with Gasteiger partial charge in [0.05, 0.1) is 6.61 Å². The van der Waals surface area contributed by atoms with Crippen LogP contribution >= 0.6 is 0 Å². The summed E-state index contributed by atoms with van der Waals surface area (Å²) >= 11 is 0. The molecule has 1 radical (unpaired) electrons. The Morgan fingerprint density at radius 1 is 1.05 bits per heavy atom. The molecule has 0 aliphatic carbocycles. The van der Waals surface area contributed by atoms with Crippen LogP contribution in [0.1, 0.15) is 6.42 Å². The maximum Gasteiger partial charge on any atom is 0.384 e. The van der Waals surface area contributed by atoms with Crippen LogP contribution < -0.4 is 16.4 Å². The number of nitrogens with zero attached hydrogens (tertiary/aromatic N) is 1. The van der Waals surface area contributed by atoms with Gasteiger partial charge in [-0.05, 0) is 19.0 Å². The molecule has 125 valence electrons. The number of aliphatic hydroxyl groups is 1. The van der Waals surface area contributed by atoms with Crippen LogP contribution in [-0.4, -0.2) is 91.5 Å². The van der Waals surface area contributed by atoms with Crippen molar-refractivity contribution in [2.24, 2.45) is 5.73 Å². The lowest BCUT2D eigenvalue weighted by Crippen LogP contribution is -2.40. The third-order valence-electron chi connectivity index (χ3n) is 3.29. The monoisotopic (exact) mass is 319 g/mol. The van der Waals surface area contributed by atoms with Gasteiger partial charge >= 0.3 is 9.28 Å². The van der Waals surface area contributed by atoms with Crippen molar-refractivity contribution in [2.75, 3.05) is 72.2 Å². The lowest BCUT2D eigenvalue weighted by Gasteiger charge is -2.26. The Balaban J connectivity index is 1.95. The lowest BCUT2D eigenvalue weighted by molar-refractivity contribution is 0.0975. The quantitative estimate of drug-likeness (QED) is 0.268. The molecule has 1 rings (SSSR count). The van der Waals surface area contributed by atoms with E-state index >= 15 is 0 Å². The Kier molecular flexibility index (Phi) is 12.3. The average Bonchev–Trinajstić information content (AvgIpc) is 2.46. The van der Waals surface area contributed by atoms with Crippen LogP contribution in [0.25, 0.3) is 0 Å². The van der Waals surface area contributed by atoms with Gasteiger partial charge in [-0.15, -0.1) is 0 Å². The van der Waals surface area contributed by atoms with Gasteiger partial charge in [0.1, 0.15) is 0 Å². The van der Waals surface area contributed by atoms with Crippen LogP contribution in [0.4, 0.5) is 0 Å². The summed E-state index contributed by atoms with van der Waals surface area (Å²) in [6, 6.07) is 1.02. The van der Waals surface area contributed by atoms with Crippen molar-refractivity contribution < 1.29 is 14.0 Å². The molecule has 1 saturated heterocycles. The van der Waals surface area contributed by atoms with E-state index in [1.165, 1.54) is 0 Å². The molecular weight excluding hydrogens is 288 g/mol. The first-order chi connectivity index (χ1) is 10.4. The predicted molar refractivity (Wildman–Crippen MR) is 85.4 cm³/mol. The fraction of sp³-hybridized carbons (Fsp3) is 1.00. The summed E-state index contributed by atoms with van der Waals surface area (Å²) in [5.74, 6) is 0. The van der Waals surface area contributed by atoms with Crippen molar-refractivity contribution in [3.05, 3.63) is 0 Å². The Morgan fingerprint density at radius 2 is 1.71 bits per heavy atom. The molecule has 1 heterocycles. The van der Waals surface area contributed by atoms with Crippen LogP contribution in [0.15, 0.2) is 0 Å². The maximum absolute atomic E-state index is 8.93. The van der Waals surface area contributed by atoms with Crippen LogP contribution in [0.3, 0.4) is 0 Å². The van der Waals surface area contributed by atoms with Gasteiger partial charge < -0.3 is 30.3 Å². The zero-order valence-electron chi connectivity index (χ0n) is 13.0. The molecule has 0 aromatic heterocycles. The minimum atomic E-state index is -1.11. The normalized spacial score (nSPS) is 18.6. The largest absolute Gasteiger partial charge is 0.395 e. The maximum atomic E-state index is 8.93. The van der Waals surface area contributed by atoms with Gasteiger partial charge in [-0.2, -0.15) is 0 Å². The summed E-state index contributed by atoms with van der Waals surface area (Å²) in [7, 11) is -1.11. The second kappa shape index (κ2) is 13.6. The van der Waals surface area contributed by atoms with Crippen molar-refractivity contribution in [3.8, 4) is 0 Å². The number of aliphatic hydroxyl groups excluding tert-OH is 1. The first-order valence-electron chi connectivity index (χ1n) is 7.93. The van der Waals surface area contributed by atoms with Crippen molar-refractivity contribution in [2.45, 2.75) is 12.5 Å². The molecule has 0 saturated carbocycles. The highest BCUT2D eigenvalue weighted by Crippen LogP contribution is 2.04. The van der Waals surface area contributed by atoms with E-state index in [1.807, 2.05) is 0 Å². The summed E-state index contributed by atoms with van der Waals surface area (Å²) in [4.78, 5) is 2.18. The lowest BCUT2D eigenvalue weighted by atomic mass is 10.4. The topological polar surface area (TPSA) is 92.0 Å². The van der Waals surface area contributed by atoms with E-state index in [-0.39, 0.29) is 6.61 Å². The molecule has 0 aromatic carbocycles. The molecule has 5 N–H and O–H groups in total. The van der Waals surface area contributed by atoms with Gasteiger partial charge in [0.25, 0.3) is 0 Å². The summed E-state index contributed by atoms with van der Waals surface area (Å²) < 4.78 is 11.6. The molecular formula is C13H31N4O3Si. The van der Waals surface area contributed by atoms with Gasteiger partial charge in [0, 0.05) is 59.0 Å². The highest BCUT2D eigenvalue weighted by Gasteiger charge is 2.19. The number of nitrogens with two attached hydrogens (primary N) is 1. The molecule has 7 nitrogen and oxygen atoms in total. The number of β-amino-alcohol motifs (C(OH)–C–C–N with tert-alkyl or cyclic N) is 1. The highest BCUT2D eigenvalue weighted by atomic mass is 28.3. The van der Waals surface area contributed by atoms with Gasteiger partial charge in [-0.25, -0.2) is 0 Å². The van der Waals surface area contributed by atoms with E-state index in [0.717, 1.165) is 51.7 Å². The van der Waals surface area contributed by atoms with Crippen molar-refractivity contribution >= 4 is 9.28 Å². The van der Waals surface area contributed by atoms with E-state index in [1.54, 1.807) is 0 Å². The molecule has 1 aliphatic rings. The third kappa shape index (κ3) is 10.3. The smallest absolute Gasteiger partial charge is 0.384 e. The zero-order chi connectivity index (χ0) is 15.2. The highest BCUT2D eigenvalue weighted by molar-refractivity contribution is 6.44. The van der Waals surface area contributed by atoms with E-state index in [0.29, 0.717) is 26.3 Å². The number of rotatable bonds is 11. The molecule has 8 heteroatoms. The second-order valence-corrected chi connectivity index (χ2v) is 6.85. The molecule has 0 amide bonds. The van der Waals surface area contributed by atoms with Crippen molar-refractivity contribution in [1.82, 2.24) is 15.5 Å². The Hall–Kier alpha value is -0.0631. The van der Waals surface area contributed by atoms with Crippen molar-refractivity contribution in [1.29, 1.82) is 0 Å². The van der Waals surface area contributed by atoms with Crippen molar-refractivity contribution in [3.63, 3.8) is 0 Å². The number of nitrogens with one attached hydrogen (secondary N) is 2.